The normalized spacial score (nSPS) is 12.5. The van der Waals surface area contributed by atoms with Gasteiger partial charge in [0.25, 0.3) is 0 Å². The fourth-order valence-electron chi connectivity index (χ4n) is 2.24. The van der Waals surface area contributed by atoms with Crippen molar-refractivity contribution < 1.29 is 4.74 Å². The fourth-order valence-corrected chi connectivity index (χ4v) is 2.66. The summed E-state index contributed by atoms with van der Waals surface area (Å²) in [5, 5.41) is 7.59. The smallest absolute Gasteiger partial charge is 0.138 e. The summed E-state index contributed by atoms with van der Waals surface area (Å²) in [7, 11) is 3.64. The molecule has 0 saturated heterocycles. The van der Waals surface area contributed by atoms with Crippen molar-refractivity contribution in [2.75, 3.05) is 26.8 Å². The highest BCUT2D eigenvalue weighted by Crippen LogP contribution is 2.22. The highest BCUT2D eigenvalue weighted by Gasteiger charge is 2.15. The van der Waals surface area contributed by atoms with Gasteiger partial charge in [-0.25, -0.2) is 4.98 Å². The van der Waals surface area contributed by atoms with E-state index in [1.807, 2.05) is 17.8 Å². The van der Waals surface area contributed by atoms with Crippen molar-refractivity contribution in [3.8, 4) is 0 Å². The van der Waals surface area contributed by atoms with Gasteiger partial charge in [0.2, 0.25) is 0 Å². The van der Waals surface area contributed by atoms with E-state index in [0.29, 0.717) is 5.92 Å². The molecule has 0 bridgehead atoms. The van der Waals surface area contributed by atoms with Crippen molar-refractivity contribution >= 4 is 15.9 Å². The van der Waals surface area contributed by atoms with Gasteiger partial charge < -0.3 is 10.1 Å². The van der Waals surface area contributed by atoms with E-state index in [2.05, 4.69) is 49.5 Å². The average molecular weight is 353 g/mol. The van der Waals surface area contributed by atoms with Crippen LogP contribution in [0.5, 0.6) is 0 Å². The van der Waals surface area contributed by atoms with Gasteiger partial charge in [-0.15, -0.1) is 0 Å². The van der Waals surface area contributed by atoms with Crippen LogP contribution >= 0.6 is 15.9 Å². The lowest BCUT2D eigenvalue weighted by atomic mass is 9.95. The number of methoxy groups -OCH3 is 1. The minimum atomic E-state index is 0.349. The van der Waals surface area contributed by atoms with E-state index in [-0.39, 0.29) is 0 Å². The first-order chi connectivity index (χ1) is 10.2. The summed E-state index contributed by atoms with van der Waals surface area (Å²) in [6.07, 6.45) is 2.46. The molecule has 1 heterocycles. The molecular formula is C15H21BrN4O. The number of ether oxygens (including phenoxy) is 1. The van der Waals surface area contributed by atoms with Crippen LogP contribution in [0, 0.1) is 0 Å². The molecular weight excluding hydrogens is 332 g/mol. The zero-order chi connectivity index (χ0) is 15.1. The molecule has 2 rings (SSSR count). The molecule has 0 aliphatic rings. The molecule has 6 heteroatoms. The number of aromatic nitrogens is 3. The predicted molar refractivity (Wildman–Crippen MR) is 86.3 cm³/mol. The first kappa shape index (κ1) is 16.1. The van der Waals surface area contributed by atoms with Crippen LogP contribution in [0.15, 0.2) is 35.1 Å². The molecule has 0 saturated carbocycles. The molecule has 21 heavy (non-hydrogen) atoms. The van der Waals surface area contributed by atoms with E-state index in [4.69, 9.17) is 4.74 Å². The maximum absolute atomic E-state index is 5.08. The van der Waals surface area contributed by atoms with E-state index in [1.165, 1.54) is 5.56 Å². The van der Waals surface area contributed by atoms with Crippen LogP contribution in [0.2, 0.25) is 0 Å². The van der Waals surface area contributed by atoms with Crippen LogP contribution in [0.25, 0.3) is 0 Å². The summed E-state index contributed by atoms with van der Waals surface area (Å²) < 4.78 is 8.01. The van der Waals surface area contributed by atoms with Gasteiger partial charge >= 0.3 is 0 Å². The molecule has 0 spiro atoms. The highest BCUT2D eigenvalue weighted by molar-refractivity contribution is 9.10. The number of benzene rings is 1. The quantitative estimate of drug-likeness (QED) is 0.739. The van der Waals surface area contributed by atoms with Gasteiger partial charge in [-0.1, -0.05) is 28.1 Å². The summed E-state index contributed by atoms with van der Waals surface area (Å²) in [5.41, 5.74) is 1.29. The van der Waals surface area contributed by atoms with E-state index in [0.717, 1.165) is 36.4 Å². The van der Waals surface area contributed by atoms with E-state index >= 15 is 0 Å². The third kappa shape index (κ3) is 4.91. The highest BCUT2D eigenvalue weighted by atomic mass is 79.9. The number of halogens is 1. The number of nitrogens with one attached hydrogen (secondary N) is 1. The van der Waals surface area contributed by atoms with E-state index in [1.54, 1.807) is 13.4 Å². The second-order valence-electron chi connectivity index (χ2n) is 4.95. The first-order valence-electron chi connectivity index (χ1n) is 6.98. The Kier molecular flexibility index (Phi) is 6.35. The standard InChI is InChI=1S/C15H21BrN4O/c1-20-15(18-11-19-20)9-13(10-17-6-7-21-2)12-4-3-5-14(16)8-12/h3-5,8,11,13,17H,6-7,9-10H2,1-2H3. The van der Waals surface area contributed by atoms with Gasteiger partial charge in [0.1, 0.15) is 12.2 Å². The Morgan fingerprint density at radius 1 is 1.43 bits per heavy atom. The first-order valence-corrected chi connectivity index (χ1v) is 7.78. The molecule has 1 N–H and O–H groups in total. The molecule has 1 unspecified atom stereocenters. The lowest BCUT2D eigenvalue weighted by Crippen LogP contribution is -2.26. The Hall–Kier alpha value is -1.24. The molecule has 0 radical (unpaired) electrons. The van der Waals surface area contributed by atoms with Crippen molar-refractivity contribution in [3.05, 3.63) is 46.5 Å². The van der Waals surface area contributed by atoms with Gasteiger partial charge in [-0.3, -0.25) is 4.68 Å². The van der Waals surface area contributed by atoms with Crippen molar-refractivity contribution in [3.63, 3.8) is 0 Å². The average Bonchev–Trinajstić information content (AvgIpc) is 2.87. The molecule has 1 aromatic carbocycles. The van der Waals surface area contributed by atoms with Crippen LogP contribution in [-0.4, -0.2) is 41.6 Å². The maximum atomic E-state index is 5.08. The zero-order valence-electron chi connectivity index (χ0n) is 12.4. The van der Waals surface area contributed by atoms with Gasteiger partial charge in [-0.05, 0) is 17.7 Å². The molecule has 5 nitrogen and oxygen atoms in total. The van der Waals surface area contributed by atoms with Crippen LogP contribution in [0.3, 0.4) is 0 Å². The van der Waals surface area contributed by atoms with Gasteiger partial charge in [0.05, 0.1) is 6.61 Å². The summed E-state index contributed by atoms with van der Waals surface area (Å²) in [4.78, 5) is 4.34. The Morgan fingerprint density at radius 3 is 2.95 bits per heavy atom. The molecule has 1 aromatic heterocycles. The third-order valence-corrected chi connectivity index (χ3v) is 3.92. The maximum Gasteiger partial charge on any atom is 0.138 e. The van der Waals surface area contributed by atoms with Crippen LogP contribution < -0.4 is 5.32 Å². The topological polar surface area (TPSA) is 52.0 Å². The third-order valence-electron chi connectivity index (χ3n) is 3.43. The fraction of sp³-hybridized carbons (Fsp3) is 0.467. The number of aryl methyl sites for hydroxylation is 1. The van der Waals surface area contributed by atoms with E-state index in [9.17, 15) is 0 Å². The molecule has 0 aliphatic carbocycles. The lowest BCUT2D eigenvalue weighted by Gasteiger charge is -2.18. The van der Waals surface area contributed by atoms with Crippen LogP contribution in [0.4, 0.5) is 0 Å². The Bertz CT molecular complexity index is 558. The summed E-state index contributed by atoms with van der Waals surface area (Å²) in [5.74, 6) is 1.34. The lowest BCUT2D eigenvalue weighted by molar-refractivity contribution is 0.199. The number of hydrogen-bond acceptors (Lipinski definition) is 4. The van der Waals surface area contributed by atoms with Crippen molar-refractivity contribution in [2.45, 2.75) is 12.3 Å². The van der Waals surface area contributed by atoms with E-state index < -0.39 is 0 Å². The SMILES string of the molecule is COCCNCC(Cc1ncnn1C)c1cccc(Br)c1. The molecule has 114 valence electrons. The number of hydrogen-bond donors (Lipinski definition) is 1. The Morgan fingerprint density at radius 2 is 2.29 bits per heavy atom. The van der Waals surface area contributed by atoms with Gasteiger partial charge in [0.15, 0.2) is 0 Å². The molecule has 0 aliphatic heterocycles. The Balaban J connectivity index is 2.08. The second kappa shape index (κ2) is 8.26. The summed E-state index contributed by atoms with van der Waals surface area (Å²) in [6.45, 7) is 2.45. The van der Waals surface area contributed by atoms with Crippen LogP contribution in [0.1, 0.15) is 17.3 Å². The van der Waals surface area contributed by atoms with Gasteiger partial charge in [-0.2, -0.15) is 5.10 Å². The summed E-state index contributed by atoms with van der Waals surface area (Å²) in [6, 6.07) is 8.43. The molecule has 1 atom stereocenters. The molecule has 2 aromatic rings. The largest absolute Gasteiger partial charge is 0.383 e. The van der Waals surface area contributed by atoms with Crippen molar-refractivity contribution in [1.29, 1.82) is 0 Å². The predicted octanol–water partition coefficient (Wildman–Crippen LogP) is 2.14. The van der Waals surface area contributed by atoms with Gasteiger partial charge in [0, 0.05) is 44.1 Å². The number of rotatable bonds is 8. The second-order valence-corrected chi connectivity index (χ2v) is 5.87. The summed E-state index contributed by atoms with van der Waals surface area (Å²) >= 11 is 3.54. The number of nitrogens with zero attached hydrogens (tertiary/aromatic N) is 3. The van der Waals surface area contributed by atoms with Crippen molar-refractivity contribution in [1.82, 2.24) is 20.1 Å². The molecule has 0 amide bonds. The zero-order valence-corrected chi connectivity index (χ0v) is 14.0. The van der Waals surface area contributed by atoms with Crippen molar-refractivity contribution in [2.24, 2.45) is 7.05 Å². The van der Waals surface area contributed by atoms with Crippen LogP contribution in [-0.2, 0) is 18.2 Å². The minimum Gasteiger partial charge on any atom is -0.383 e. The Labute approximate surface area is 133 Å². The monoisotopic (exact) mass is 352 g/mol. The molecule has 0 fully saturated rings. The minimum absolute atomic E-state index is 0.349.